The summed E-state index contributed by atoms with van der Waals surface area (Å²) >= 11 is 0. The molecule has 0 spiro atoms. The van der Waals surface area contributed by atoms with E-state index in [2.05, 4.69) is 26.6 Å². The number of aliphatic hydroxyl groups excluding tert-OH is 25. The number of amides is 5. The van der Waals surface area contributed by atoms with E-state index in [1.807, 2.05) is 0 Å². The molecule has 31 N–H and O–H groups in total. The Labute approximate surface area is 684 Å². The molecule has 0 aromatic heterocycles. The summed E-state index contributed by atoms with van der Waals surface area (Å²) in [7, 11) is 0. The molecule has 46 atom stereocenters. The van der Waals surface area contributed by atoms with Crippen molar-refractivity contribution >= 4 is 35.5 Å². The van der Waals surface area contributed by atoms with E-state index in [4.69, 9.17) is 80.5 Å². The molecule has 9 rings (SSSR count). The van der Waals surface area contributed by atoms with Crippen molar-refractivity contribution < 1.29 is 242 Å². The third-order valence-corrected chi connectivity index (χ3v) is 21.7. The third kappa shape index (κ3) is 22.5. The number of rotatable bonds is 33. The fourth-order valence-electron chi connectivity index (χ4n) is 15.4. The summed E-state index contributed by atoms with van der Waals surface area (Å²) in [6.45, 7) is -5.64. The van der Waals surface area contributed by atoms with Gasteiger partial charge in [-0.05, 0) is 0 Å². The molecule has 9 aliphatic heterocycles. The third-order valence-electron chi connectivity index (χ3n) is 21.7. The molecule has 121 heavy (non-hydrogen) atoms. The summed E-state index contributed by atoms with van der Waals surface area (Å²) in [4.78, 5) is 75.9. The molecule has 0 bridgehead atoms. The van der Waals surface area contributed by atoms with Crippen LogP contribution >= 0.6 is 0 Å². The lowest BCUT2D eigenvalue weighted by Gasteiger charge is -2.51. The predicted octanol–water partition coefficient (Wildman–Crippen LogP) is -20.7. The molecule has 54 heteroatoms. The molecule has 698 valence electrons. The maximum absolute atomic E-state index is 13.1. The van der Waals surface area contributed by atoms with E-state index in [0.29, 0.717) is 0 Å². The molecular formula is C67H111N5O49. The largest absolute Gasteiger partial charge is 0.477 e. The number of carboxylic acids is 1. The Balaban J connectivity index is 1.01. The van der Waals surface area contributed by atoms with Gasteiger partial charge in [-0.1, -0.05) is 0 Å². The van der Waals surface area contributed by atoms with Crippen LogP contribution in [0.3, 0.4) is 0 Å². The number of carbonyl (C=O) groups excluding carboxylic acids is 5. The fourth-order valence-corrected chi connectivity index (χ4v) is 15.4. The minimum Gasteiger partial charge on any atom is -0.477 e. The van der Waals surface area contributed by atoms with Gasteiger partial charge in [0.15, 0.2) is 50.3 Å². The quantitative estimate of drug-likeness (QED) is 0.0290. The van der Waals surface area contributed by atoms with Gasteiger partial charge in [0.25, 0.3) is 5.79 Å². The summed E-state index contributed by atoms with van der Waals surface area (Å²) in [6, 6.07) is -9.11. The zero-order chi connectivity index (χ0) is 89.6. The van der Waals surface area contributed by atoms with Crippen LogP contribution in [0, 0.1) is 0 Å². The monoisotopic (exact) mass is 1770 g/mol. The van der Waals surface area contributed by atoms with Gasteiger partial charge in [-0.3, -0.25) is 24.0 Å². The first kappa shape index (κ1) is 99.9. The summed E-state index contributed by atoms with van der Waals surface area (Å²) in [5.74, 6) is -9.61. The van der Waals surface area contributed by atoms with Crippen molar-refractivity contribution in [1.82, 2.24) is 26.6 Å². The van der Waals surface area contributed by atoms with E-state index in [0.717, 1.165) is 34.6 Å². The van der Waals surface area contributed by atoms with E-state index in [1.165, 1.54) is 0 Å². The Morgan fingerprint density at radius 1 is 0.339 bits per heavy atom. The predicted molar refractivity (Wildman–Crippen MR) is 372 cm³/mol. The van der Waals surface area contributed by atoms with Gasteiger partial charge < -0.3 is 240 Å². The van der Waals surface area contributed by atoms with E-state index < -0.39 is 383 Å². The highest BCUT2D eigenvalue weighted by atomic mass is 16.8. The number of hydrogen-bond acceptors (Lipinski definition) is 48. The number of nitrogens with one attached hydrogen (secondary N) is 5. The molecule has 9 heterocycles. The minimum absolute atomic E-state index is 0.795. The van der Waals surface area contributed by atoms with Gasteiger partial charge in [0.2, 0.25) is 29.5 Å². The highest BCUT2D eigenvalue weighted by Crippen LogP contribution is 2.41. The highest BCUT2D eigenvalue weighted by molar-refractivity contribution is 5.77. The van der Waals surface area contributed by atoms with E-state index >= 15 is 0 Å². The first-order chi connectivity index (χ1) is 57.0. The van der Waals surface area contributed by atoms with Crippen LogP contribution in [0.1, 0.15) is 41.0 Å². The van der Waals surface area contributed by atoms with Gasteiger partial charge in [0.1, 0.15) is 213 Å². The standard InChI is InChI=1S/C67H111N5O49/c1-16(80)68-31-21(85)6-67(66(103)104,121-54(31)36(87)22(86)7-73)106-15-30-40(91)46(97)49(100)62(114-30)116-52-27(12-78)112-61(35(45(52)96)72-20(5)84)119-56-47(98)38(89)24(9-75)109-64(56)105-14-29-41(92)55(118-65-57(48(99)39(90)25(10-76)110-65)120-59-33(70-18(3)82)42(93)37(88)23(8-74)108-59)50(101)63(113-29)117-53-28(13-79)111-60(34(44(53)95)71-19(4)83)115-51-26(11-77)107-58(102)32(43(51)94)69-17(2)81/h21-65,73-79,85-102H,6-15H2,1-5H3,(H,68,80)(H,69,81)(H,70,82)(H,71,83)(H,72,84)(H,103,104)/t21-,22+,23+,24+,25+,26+,27+,28+,29+,30+,31+,32+,33+,34+,35+,36+,37+,38+,39+,40-,41+,42+,43+,44+,45+,46-,47-,48-,49+,50-,51+,52+,53+,54+,55-,56-,57-,58+,59-,60-,61-,62-,63-,64-,65+,67+/m0/s1. The molecule has 0 radical (unpaired) electrons. The SMILES string of the molecule is CC(=O)N[C@@H]1[C@@H](O)[C@H](O[C@@H]2O[C@H](CO)[C@@H](O[C@@H]3O[C@H](CO[C@H]4O[C@H](CO)[C@@H](O)[C@H](O)[C@@H]4O[C@@H]4O[C@H](CO)[C@@H](O[C@@H]5O[C@H](CO[C@]6(C(=O)O)C[C@H](O)[C@@H](NC(C)=O)[C@H]([C@H](O)[C@H](O)CO)O6)[C@H](O)[C@H](O)[C@H]5O)[C@H](O)[C@H]4NC(C)=O)[C@@H](O)[C@H](O[C@H]4O[C@H](CO)[C@@H](O)[C@H](O)[C@@H]4O[C@@H]4O[C@H](CO)[C@@H](O)[C@H](O)[C@H]4NC(C)=O)[C@@H]3O)[C@H](O)[C@H]2NC(C)=O)[C@@H](CO)O[C@H]1O. The van der Waals surface area contributed by atoms with Gasteiger partial charge >= 0.3 is 5.97 Å². The second-order valence-corrected chi connectivity index (χ2v) is 30.4. The number of carboxylic acid groups (broad SMARTS) is 1. The lowest BCUT2D eigenvalue weighted by atomic mass is 9.88. The minimum atomic E-state index is -3.08. The number of aliphatic hydroxyl groups is 25. The molecule has 0 aromatic rings. The van der Waals surface area contributed by atoms with Crippen molar-refractivity contribution in [1.29, 1.82) is 0 Å². The Kier molecular flexibility index (Phi) is 35.7. The van der Waals surface area contributed by atoms with Gasteiger partial charge in [0.05, 0.1) is 71.6 Å². The van der Waals surface area contributed by atoms with Crippen LogP contribution < -0.4 is 26.6 Å². The van der Waals surface area contributed by atoms with Crippen molar-refractivity contribution in [2.24, 2.45) is 0 Å². The van der Waals surface area contributed by atoms with E-state index in [-0.39, 0.29) is 0 Å². The lowest BCUT2D eigenvalue weighted by Crippen LogP contribution is -2.70. The molecule has 54 nitrogen and oxygen atoms in total. The van der Waals surface area contributed by atoms with E-state index in [9.17, 15) is 162 Å². The maximum atomic E-state index is 13.1. The average Bonchev–Trinajstić information content (AvgIpc) is 0.799. The Morgan fingerprint density at radius 3 is 1.12 bits per heavy atom. The van der Waals surface area contributed by atoms with Crippen LogP contribution in [0.4, 0.5) is 0 Å². The molecule has 0 aromatic carbocycles. The van der Waals surface area contributed by atoms with Crippen LogP contribution in [-0.2, 0) is 109 Å². The van der Waals surface area contributed by atoms with Crippen LogP contribution in [0.5, 0.6) is 0 Å². The van der Waals surface area contributed by atoms with Crippen LogP contribution in [0.2, 0.25) is 0 Å². The normalized spacial score (nSPS) is 46.6. The van der Waals surface area contributed by atoms with Crippen LogP contribution in [-0.4, -0.2) is 509 Å². The zero-order valence-corrected chi connectivity index (χ0v) is 65.1. The molecule has 5 amide bonds. The van der Waals surface area contributed by atoms with Gasteiger partial charge in [0, 0.05) is 41.0 Å². The number of carbonyl (C=O) groups is 6. The van der Waals surface area contributed by atoms with Crippen LogP contribution in [0.25, 0.3) is 0 Å². The van der Waals surface area contributed by atoms with Gasteiger partial charge in [-0.2, -0.15) is 0 Å². The smallest absolute Gasteiger partial charge is 0.364 e. The zero-order valence-electron chi connectivity index (χ0n) is 65.1. The number of hydrogen-bond donors (Lipinski definition) is 31. The highest BCUT2D eigenvalue weighted by Gasteiger charge is 2.62. The van der Waals surface area contributed by atoms with Crippen molar-refractivity contribution in [3.8, 4) is 0 Å². The molecular weight excluding hydrogens is 1660 g/mol. The summed E-state index contributed by atoms with van der Waals surface area (Å²) in [6.07, 6.45) is -87.1. The Morgan fingerprint density at radius 2 is 0.678 bits per heavy atom. The van der Waals surface area contributed by atoms with Gasteiger partial charge in [-0.25, -0.2) is 4.79 Å². The van der Waals surface area contributed by atoms with Crippen molar-refractivity contribution in [2.75, 3.05) is 59.5 Å². The second-order valence-electron chi connectivity index (χ2n) is 30.4. The Hall–Kier alpha value is -4.86. The molecule has 9 fully saturated rings. The first-order valence-electron chi connectivity index (χ1n) is 38.2. The lowest BCUT2D eigenvalue weighted by molar-refractivity contribution is -0.396. The maximum Gasteiger partial charge on any atom is 0.364 e. The molecule has 0 saturated carbocycles. The van der Waals surface area contributed by atoms with Crippen molar-refractivity contribution in [2.45, 2.75) is 323 Å². The molecule has 9 aliphatic rings. The first-order valence-corrected chi connectivity index (χ1v) is 38.2. The second kappa shape index (κ2) is 43.3. The number of aliphatic carboxylic acids is 1. The summed E-state index contributed by atoms with van der Waals surface area (Å²) < 4.78 is 101. The number of ether oxygens (including phenoxy) is 17. The van der Waals surface area contributed by atoms with Crippen LogP contribution in [0.15, 0.2) is 0 Å². The molecule has 0 aliphatic carbocycles. The van der Waals surface area contributed by atoms with Gasteiger partial charge in [-0.15, -0.1) is 0 Å². The fraction of sp³-hybridized carbons (Fsp3) is 0.910. The van der Waals surface area contributed by atoms with Crippen molar-refractivity contribution in [3.63, 3.8) is 0 Å². The average molecular weight is 1770 g/mol. The molecule has 9 saturated heterocycles. The summed E-state index contributed by atoms with van der Waals surface area (Å²) in [5.41, 5.74) is 0. The van der Waals surface area contributed by atoms with E-state index in [1.54, 1.807) is 0 Å². The Bertz CT molecular complexity index is 3340. The molecule has 0 unspecified atom stereocenters. The topological polar surface area (TPSA) is 845 Å². The summed E-state index contributed by atoms with van der Waals surface area (Å²) in [5, 5.41) is 301. The van der Waals surface area contributed by atoms with Crippen molar-refractivity contribution in [3.05, 3.63) is 0 Å².